The van der Waals surface area contributed by atoms with Crippen molar-refractivity contribution in [2.75, 3.05) is 15.5 Å². The Labute approximate surface area is 206 Å². The molecule has 0 radical (unpaired) electrons. The number of rotatable bonds is 6. The molecule has 6 nitrogen and oxygen atoms in total. The smallest absolute Gasteiger partial charge is 0.323 e. The van der Waals surface area contributed by atoms with Crippen LogP contribution in [0.5, 0.6) is 0 Å². The van der Waals surface area contributed by atoms with Gasteiger partial charge in [0.2, 0.25) is 0 Å². The molecule has 8 heteroatoms. The minimum atomic E-state index is -0.651. The van der Waals surface area contributed by atoms with Crippen molar-refractivity contribution in [3.8, 4) is 0 Å². The summed E-state index contributed by atoms with van der Waals surface area (Å²) in [5.74, 6) is -0.437. The normalized spacial score (nSPS) is 10.4. The van der Waals surface area contributed by atoms with E-state index in [0.717, 1.165) is 5.69 Å². The molecule has 0 aliphatic rings. The van der Waals surface area contributed by atoms with Crippen molar-refractivity contribution in [2.45, 2.75) is 0 Å². The monoisotopic (exact) mass is 490 g/mol. The Morgan fingerprint density at radius 1 is 0.706 bits per heavy atom. The van der Waals surface area contributed by atoms with Gasteiger partial charge in [-0.05, 0) is 60.7 Å². The third kappa shape index (κ3) is 5.14. The highest BCUT2D eigenvalue weighted by Gasteiger charge is 2.19. The molecule has 0 aliphatic heterocycles. The Kier molecular flexibility index (Phi) is 7.01. The summed E-state index contributed by atoms with van der Waals surface area (Å²) in [5, 5.41) is 6.58. The van der Waals surface area contributed by atoms with Crippen LogP contribution in [0.3, 0.4) is 0 Å². The fourth-order valence-corrected chi connectivity index (χ4v) is 4.01. The largest absolute Gasteiger partial charge is 0.354 e. The quantitative estimate of drug-likeness (QED) is 0.266. The summed E-state index contributed by atoms with van der Waals surface area (Å²) in [6.45, 7) is 0. The molecule has 34 heavy (non-hydrogen) atoms. The maximum atomic E-state index is 12.6. The molecular formula is C26H20Cl2N4O2. The average molecular weight is 491 g/mol. The van der Waals surface area contributed by atoms with E-state index in [1.807, 2.05) is 48.5 Å². The van der Waals surface area contributed by atoms with E-state index in [1.165, 1.54) is 4.90 Å². The van der Waals surface area contributed by atoms with Crippen molar-refractivity contribution in [3.05, 3.63) is 113 Å². The summed E-state index contributed by atoms with van der Waals surface area (Å²) in [7, 11) is 0. The number of hydrogen-bond donors (Lipinski definition) is 3. The lowest BCUT2D eigenvalue weighted by Gasteiger charge is -2.24. The molecule has 0 fully saturated rings. The molecule has 0 aromatic heterocycles. The van der Waals surface area contributed by atoms with Crippen molar-refractivity contribution in [2.24, 2.45) is 5.73 Å². The first kappa shape index (κ1) is 23.2. The van der Waals surface area contributed by atoms with E-state index < -0.39 is 11.9 Å². The second-order valence-electron chi connectivity index (χ2n) is 7.28. The van der Waals surface area contributed by atoms with Gasteiger partial charge in [-0.1, -0.05) is 59.6 Å². The number of anilines is 5. The van der Waals surface area contributed by atoms with Crippen LogP contribution in [-0.4, -0.2) is 11.9 Å². The molecule has 0 bridgehead atoms. The molecular weight excluding hydrogens is 471 g/mol. The molecule has 4 aromatic rings. The Balaban J connectivity index is 1.60. The number of nitrogens with one attached hydrogen (secondary N) is 2. The van der Waals surface area contributed by atoms with Crippen molar-refractivity contribution >= 4 is 63.6 Å². The number of urea groups is 1. The van der Waals surface area contributed by atoms with Gasteiger partial charge in [0.25, 0.3) is 5.91 Å². The number of nitrogens with zero attached hydrogens (tertiary/aromatic N) is 1. The average Bonchev–Trinajstić information content (AvgIpc) is 2.82. The third-order valence-corrected chi connectivity index (χ3v) is 5.62. The van der Waals surface area contributed by atoms with Gasteiger partial charge < -0.3 is 16.4 Å². The summed E-state index contributed by atoms with van der Waals surface area (Å²) in [5.41, 5.74) is 9.14. The number of hydrogen-bond acceptors (Lipinski definition) is 3. The molecule has 3 amide bonds. The number of para-hydroxylation sites is 3. The first-order chi connectivity index (χ1) is 16.4. The molecule has 0 heterocycles. The number of halogens is 2. The van der Waals surface area contributed by atoms with Gasteiger partial charge in [0.15, 0.2) is 0 Å². The molecule has 4 aromatic carbocycles. The van der Waals surface area contributed by atoms with Crippen molar-refractivity contribution in [1.82, 2.24) is 0 Å². The summed E-state index contributed by atoms with van der Waals surface area (Å²) in [4.78, 5) is 26.5. The third-order valence-electron chi connectivity index (χ3n) is 4.99. The zero-order valence-corrected chi connectivity index (χ0v) is 19.3. The highest BCUT2D eigenvalue weighted by atomic mass is 35.5. The molecule has 4 N–H and O–H groups in total. The van der Waals surface area contributed by atoms with Gasteiger partial charge in [0.1, 0.15) is 0 Å². The molecule has 0 saturated carbocycles. The number of benzene rings is 4. The molecule has 170 valence electrons. The number of carbonyl (C=O) groups is 2. The molecule has 4 rings (SSSR count). The predicted molar refractivity (Wildman–Crippen MR) is 139 cm³/mol. The van der Waals surface area contributed by atoms with Crippen LogP contribution in [-0.2, 0) is 0 Å². The second-order valence-corrected chi connectivity index (χ2v) is 8.09. The van der Waals surface area contributed by atoms with Gasteiger partial charge in [-0.25, -0.2) is 4.79 Å². The zero-order chi connectivity index (χ0) is 24.1. The second kappa shape index (κ2) is 10.3. The van der Waals surface area contributed by atoms with E-state index in [0.29, 0.717) is 22.7 Å². The van der Waals surface area contributed by atoms with Crippen LogP contribution in [0.2, 0.25) is 10.0 Å². The SMILES string of the molecule is NC(=O)N(c1ccc(NC(=O)c2c(Cl)cccc2Cl)cc1)c1ccccc1Nc1ccccc1. The molecule has 0 spiro atoms. The first-order valence-corrected chi connectivity index (χ1v) is 11.1. The molecule has 0 saturated heterocycles. The van der Waals surface area contributed by atoms with Gasteiger partial charge in [-0.2, -0.15) is 0 Å². The van der Waals surface area contributed by atoms with E-state index in [1.54, 1.807) is 48.5 Å². The van der Waals surface area contributed by atoms with Gasteiger partial charge in [-0.3, -0.25) is 9.69 Å². The highest BCUT2D eigenvalue weighted by molar-refractivity contribution is 6.40. The maximum absolute atomic E-state index is 12.6. The summed E-state index contributed by atoms with van der Waals surface area (Å²) in [6, 6.07) is 27.9. The molecule has 0 atom stereocenters. The molecule has 0 aliphatic carbocycles. The summed E-state index contributed by atoms with van der Waals surface area (Å²) in [6.07, 6.45) is 0. The summed E-state index contributed by atoms with van der Waals surface area (Å²) >= 11 is 12.2. The van der Waals surface area contributed by atoms with Crippen molar-refractivity contribution in [3.63, 3.8) is 0 Å². The Hall–Kier alpha value is -4.00. The van der Waals surface area contributed by atoms with Crippen LogP contribution in [0, 0.1) is 0 Å². The van der Waals surface area contributed by atoms with E-state index >= 15 is 0 Å². The van der Waals surface area contributed by atoms with Crippen LogP contribution in [0.4, 0.5) is 33.2 Å². The predicted octanol–water partition coefficient (Wildman–Crippen LogP) is 7.21. The Morgan fingerprint density at radius 3 is 1.97 bits per heavy atom. The number of carbonyl (C=O) groups excluding carboxylic acids is 2. The van der Waals surface area contributed by atoms with Gasteiger partial charge in [0, 0.05) is 11.4 Å². The van der Waals surface area contributed by atoms with Gasteiger partial charge in [-0.15, -0.1) is 0 Å². The fraction of sp³-hybridized carbons (Fsp3) is 0. The number of amides is 3. The van der Waals surface area contributed by atoms with Crippen LogP contribution in [0.25, 0.3) is 0 Å². The lowest BCUT2D eigenvalue weighted by molar-refractivity contribution is 0.102. The zero-order valence-electron chi connectivity index (χ0n) is 17.8. The van der Waals surface area contributed by atoms with Gasteiger partial charge >= 0.3 is 6.03 Å². The number of nitrogens with two attached hydrogens (primary N) is 1. The van der Waals surface area contributed by atoms with Gasteiger partial charge in [0.05, 0.1) is 32.7 Å². The Morgan fingerprint density at radius 2 is 1.32 bits per heavy atom. The number of primary amides is 1. The van der Waals surface area contributed by atoms with E-state index in [9.17, 15) is 9.59 Å². The lowest BCUT2D eigenvalue weighted by Crippen LogP contribution is -2.31. The van der Waals surface area contributed by atoms with Crippen LogP contribution in [0.15, 0.2) is 97.1 Å². The Bertz CT molecular complexity index is 1310. The summed E-state index contributed by atoms with van der Waals surface area (Å²) < 4.78 is 0. The minimum absolute atomic E-state index is 0.189. The lowest BCUT2D eigenvalue weighted by atomic mass is 10.1. The van der Waals surface area contributed by atoms with Crippen molar-refractivity contribution in [1.29, 1.82) is 0 Å². The van der Waals surface area contributed by atoms with Crippen molar-refractivity contribution < 1.29 is 9.59 Å². The van der Waals surface area contributed by atoms with Crippen LogP contribution in [0.1, 0.15) is 10.4 Å². The standard InChI is InChI=1S/C26H20Cl2N4O2/c27-20-9-6-10-21(28)24(20)25(33)31-18-13-15-19(16-14-18)32(26(29)34)23-12-5-4-11-22(23)30-17-7-2-1-3-8-17/h1-16,30H,(H2,29,34)(H,31,33). The topological polar surface area (TPSA) is 87.5 Å². The maximum Gasteiger partial charge on any atom is 0.323 e. The first-order valence-electron chi connectivity index (χ1n) is 10.3. The minimum Gasteiger partial charge on any atom is -0.354 e. The van der Waals surface area contributed by atoms with Crippen LogP contribution >= 0.6 is 23.2 Å². The van der Waals surface area contributed by atoms with Crippen LogP contribution < -0.4 is 21.3 Å². The highest BCUT2D eigenvalue weighted by Crippen LogP contribution is 2.34. The fourth-order valence-electron chi connectivity index (χ4n) is 3.44. The van der Waals surface area contributed by atoms with E-state index in [4.69, 9.17) is 28.9 Å². The van der Waals surface area contributed by atoms with E-state index in [2.05, 4.69) is 10.6 Å². The molecule has 0 unspecified atom stereocenters. The van der Waals surface area contributed by atoms with E-state index in [-0.39, 0.29) is 15.6 Å².